The fourth-order valence-corrected chi connectivity index (χ4v) is 3.23. The Kier molecular flexibility index (Phi) is 5.20. The molecule has 4 aromatic rings. The van der Waals surface area contributed by atoms with Crippen molar-refractivity contribution in [3.8, 4) is 17.0 Å². The van der Waals surface area contributed by atoms with Gasteiger partial charge in [0, 0.05) is 17.7 Å². The van der Waals surface area contributed by atoms with Gasteiger partial charge in [-0.15, -0.1) is 5.10 Å². The Bertz CT molecular complexity index is 1270. The number of amides is 2. The molecule has 0 spiro atoms. The summed E-state index contributed by atoms with van der Waals surface area (Å²) in [5, 5.41) is 9.90. The average Bonchev–Trinajstić information content (AvgIpc) is 3.60. The molecule has 2 amide bonds. The number of ether oxygens (including phenoxy) is 1. The van der Waals surface area contributed by atoms with Gasteiger partial charge in [0.25, 0.3) is 5.91 Å². The van der Waals surface area contributed by atoms with Gasteiger partial charge in [-0.25, -0.2) is 4.52 Å². The van der Waals surface area contributed by atoms with E-state index in [-0.39, 0.29) is 24.5 Å². The van der Waals surface area contributed by atoms with E-state index >= 15 is 0 Å². The van der Waals surface area contributed by atoms with Crippen LogP contribution in [0.5, 0.6) is 5.75 Å². The third kappa shape index (κ3) is 4.27. The van der Waals surface area contributed by atoms with E-state index in [9.17, 15) is 9.59 Å². The van der Waals surface area contributed by atoms with Gasteiger partial charge in [0.15, 0.2) is 12.4 Å². The lowest BCUT2D eigenvalue weighted by Gasteiger charge is -2.09. The molecule has 0 saturated heterocycles. The topological polar surface area (TPSA) is 111 Å². The lowest BCUT2D eigenvalue weighted by molar-refractivity contribution is -0.117. The molecule has 5 rings (SSSR count). The standard InChI is InChI=1S/C23H20N6O3/c30-21(16-7-8-16)27-23-26-20-6-3-5-19(29(20)28-23)15-9-11-17(12-10-15)32-14-25-22(31)18-4-1-2-13-24-18/h1-6,9-13,16H,7-8,14H2,(H,25,31)(H,27,28,30). The van der Waals surface area contributed by atoms with E-state index in [0.29, 0.717) is 23.0 Å². The molecule has 1 aromatic carbocycles. The highest BCUT2D eigenvalue weighted by Crippen LogP contribution is 2.30. The predicted molar refractivity (Wildman–Crippen MR) is 117 cm³/mol. The van der Waals surface area contributed by atoms with Gasteiger partial charge < -0.3 is 10.1 Å². The first kappa shape index (κ1) is 19.7. The van der Waals surface area contributed by atoms with Crippen LogP contribution in [-0.2, 0) is 4.79 Å². The van der Waals surface area contributed by atoms with Crippen molar-refractivity contribution in [2.24, 2.45) is 5.92 Å². The number of nitrogens with zero attached hydrogens (tertiary/aromatic N) is 4. The molecule has 2 N–H and O–H groups in total. The van der Waals surface area contributed by atoms with Crippen molar-refractivity contribution in [3.63, 3.8) is 0 Å². The zero-order chi connectivity index (χ0) is 21.9. The first-order chi connectivity index (χ1) is 15.7. The minimum Gasteiger partial charge on any atom is -0.473 e. The van der Waals surface area contributed by atoms with Crippen LogP contribution in [0.2, 0.25) is 0 Å². The molecule has 1 fully saturated rings. The van der Waals surface area contributed by atoms with Crippen molar-refractivity contribution >= 4 is 23.4 Å². The zero-order valence-electron chi connectivity index (χ0n) is 17.1. The molecule has 0 unspecified atom stereocenters. The second-order valence-corrected chi connectivity index (χ2v) is 7.41. The number of carbonyl (C=O) groups is 2. The molecule has 0 bridgehead atoms. The largest absolute Gasteiger partial charge is 0.473 e. The minimum absolute atomic E-state index is 0.0253. The van der Waals surface area contributed by atoms with Crippen LogP contribution in [0.15, 0.2) is 66.9 Å². The number of hydrogen-bond donors (Lipinski definition) is 2. The summed E-state index contributed by atoms with van der Waals surface area (Å²) in [5.41, 5.74) is 2.72. The Hall–Kier alpha value is -4.27. The number of carbonyl (C=O) groups excluding carboxylic acids is 2. The predicted octanol–water partition coefficient (Wildman–Crippen LogP) is 2.91. The maximum atomic E-state index is 12.0. The Morgan fingerprint density at radius 3 is 2.62 bits per heavy atom. The molecule has 9 heteroatoms. The highest BCUT2D eigenvalue weighted by molar-refractivity contribution is 5.93. The van der Waals surface area contributed by atoms with Crippen LogP contribution in [0.25, 0.3) is 16.9 Å². The number of benzene rings is 1. The SMILES string of the molecule is O=C(NCOc1ccc(-c2cccc3nc(NC(=O)C4CC4)nn23)cc1)c1ccccn1. The van der Waals surface area contributed by atoms with Crippen LogP contribution in [0.3, 0.4) is 0 Å². The summed E-state index contributed by atoms with van der Waals surface area (Å²) < 4.78 is 7.31. The summed E-state index contributed by atoms with van der Waals surface area (Å²) in [6.45, 7) is 0.0253. The smallest absolute Gasteiger partial charge is 0.272 e. The summed E-state index contributed by atoms with van der Waals surface area (Å²) >= 11 is 0. The van der Waals surface area contributed by atoms with Gasteiger partial charge in [-0.3, -0.25) is 19.9 Å². The van der Waals surface area contributed by atoms with E-state index in [4.69, 9.17) is 4.74 Å². The number of nitrogens with one attached hydrogen (secondary N) is 2. The molecular formula is C23H20N6O3. The molecular weight excluding hydrogens is 408 g/mol. The second-order valence-electron chi connectivity index (χ2n) is 7.41. The van der Waals surface area contributed by atoms with Gasteiger partial charge in [0.05, 0.1) is 5.69 Å². The van der Waals surface area contributed by atoms with Crippen LogP contribution < -0.4 is 15.4 Å². The maximum Gasteiger partial charge on any atom is 0.272 e. The van der Waals surface area contributed by atoms with Crippen LogP contribution in [-0.4, -0.2) is 38.1 Å². The van der Waals surface area contributed by atoms with E-state index in [1.807, 2.05) is 42.5 Å². The van der Waals surface area contributed by atoms with Crippen molar-refractivity contribution in [2.45, 2.75) is 12.8 Å². The Labute approximate surface area is 183 Å². The Balaban J connectivity index is 1.25. The van der Waals surface area contributed by atoms with Crippen LogP contribution in [0, 0.1) is 5.92 Å². The highest BCUT2D eigenvalue weighted by Gasteiger charge is 2.30. The van der Waals surface area contributed by atoms with Gasteiger partial charge >= 0.3 is 0 Å². The quantitative estimate of drug-likeness (QED) is 0.438. The van der Waals surface area contributed by atoms with Crippen molar-refractivity contribution in [3.05, 3.63) is 72.6 Å². The van der Waals surface area contributed by atoms with E-state index in [2.05, 4.69) is 25.7 Å². The van der Waals surface area contributed by atoms with Crippen LogP contribution >= 0.6 is 0 Å². The monoisotopic (exact) mass is 428 g/mol. The van der Waals surface area contributed by atoms with E-state index < -0.39 is 0 Å². The normalized spacial score (nSPS) is 13.0. The first-order valence-electron chi connectivity index (χ1n) is 10.3. The third-order valence-electron chi connectivity index (χ3n) is 5.06. The van der Waals surface area contributed by atoms with Gasteiger partial charge in [-0.05, 0) is 61.4 Å². The molecule has 3 aromatic heterocycles. The van der Waals surface area contributed by atoms with Gasteiger partial charge in [-0.1, -0.05) is 12.1 Å². The number of aromatic nitrogens is 4. The second kappa shape index (κ2) is 8.46. The molecule has 1 aliphatic carbocycles. The molecule has 3 heterocycles. The summed E-state index contributed by atoms with van der Waals surface area (Å²) in [4.78, 5) is 32.4. The first-order valence-corrected chi connectivity index (χ1v) is 10.3. The van der Waals surface area contributed by atoms with E-state index in [1.165, 1.54) is 0 Å². The molecule has 32 heavy (non-hydrogen) atoms. The van der Waals surface area contributed by atoms with Gasteiger partial charge in [0.1, 0.15) is 11.4 Å². The summed E-state index contributed by atoms with van der Waals surface area (Å²) in [7, 11) is 0. The Morgan fingerprint density at radius 1 is 1.03 bits per heavy atom. The average molecular weight is 428 g/mol. The molecule has 0 aliphatic heterocycles. The number of anilines is 1. The lowest BCUT2D eigenvalue weighted by Crippen LogP contribution is -2.28. The van der Waals surface area contributed by atoms with E-state index in [0.717, 1.165) is 24.1 Å². The molecule has 9 nitrogen and oxygen atoms in total. The van der Waals surface area contributed by atoms with Crippen molar-refractivity contribution in [1.82, 2.24) is 24.9 Å². The van der Waals surface area contributed by atoms with Crippen molar-refractivity contribution in [2.75, 3.05) is 12.0 Å². The summed E-state index contributed by atoms with van der Waals surface area (Å²) in [6.07, 6.45) is 3.41. The highest BCUT2D eigenvalue weighted by atomic mass is 16.5. The van der Waals surface area contributed by atoms with Crippen molar-refractivity contribution in [1.29, 1.82) is 0 Å². The molecule has 0 radical (unpaired) electrons. The fourth-order valence-electron chi connectivity index (χ4n) is 3.23. The Morgan fingerprint density at radius 2 is 1.88 bits per heavy atom. The molecule has 1 aliphatic rings. The molecule has 1 saturated carbocycles. The lowest BCUT2D eigenvalue weighted by atomic mass is 10.1. The number of pyridine rings is 2. The van der Waals surface area contributed by atoms with Gasteiger partial charge in [0.2, 0.25) is 11.9 Å². The van der Waals surface area contributed by atoms with Crippen LogP contribution in [0.4, 0.5) is 5.95 Å². The van der Waals surface area contributed by atoms with Crippen LogP contribution in [0.1, 0.15) is 23.3 Å². The molecule has 160 valence electrons. The summed E-state index contributed by atoms with van der Waals surface area (Å²) in [6, 6.07) is 18.2. The fraction of sp³-hybridized carbons (Fsp3) is 0.174. The number of fused-ring (bicyclic) bond motifs is 1. The summed E-state index contributed by atoms with van der Waals surface area (Å²) in [5.74, 6) is 0.669. The third-order valence-corrected chi connectivity index (χ3v) is 5.06. The minimum atomic E-state index is -0.301. The number of rotatable bonds is 7. The van der Waals surface area contributed by atoms with Gasteiger partial charge in [-0.2, -0.15) is 4.98 Å². The zero-order valence-corrected chi connectivity index (χ0v) is 17.1. The number of hydrogen-bond acceptors (Lipinski definition) is 6. The maximum absolute atomic E-state index is 12.0. The molecule has 0 atom stereocenters. The van der Waals surface area contributed by atoms with Crippen molar-refractivity contribution < 1.29 is 14.3 Å². The van der Waals surface area contributed by atoms with E-state index in [1.54, 1.807) is 28.9 Å².